The maximum absolute atomic E-state index is 12.2. The van der Waals surface area contributed by atoms with E-state index in [0.717, 1.165) is 27.4 Å². The molecule has 4 rings (SSSR count). The van der Waals surface area contributed by atoms with Gasteiger partial charge >= 0.3 is 11.9 Å². The molecule has 0 radical (unpaired) electrons. The van der Waals surface area contributed by atoms with Crippen molar-refractivity contribution in [2.45, 2.75) is 52.9 Å². The van der Waals surface area contributed by atoms with Gasteiger partial charge in [0.1, 0.15) is 11.3 Å². The van der Waals surface area contributed by atoms with Gasteiger partial charge in [0.2, 0.25) is 5.89 Å². The lowest BCUT2D eigenvalue weighted by molar-refractivity contribution is -0.162. The van der Waals surface area contributed by atoms with E-state index < -0.39 is 17.9 Å². The lowest BCUT2D eigenvalue weighted by Gasteiger charge is -2.18. The summed E-state index contributed by atoms with van der Waals surface area (Å²) >= 11 is 0. The highest BCUT2D eigenvalue weighted by Crippen LogP contribution is 2.34. The van der Waals surface area contributed by atoms with Gasteiger partial charge in [-0.2, -0.15) is 0 Å². The van der Waals surface area contributed by atoms with Gasteiger partial charge < -0.3 is 18.6 Å². The second-order valence-electron chi connectivity index (χ2n) is 10.2. The van der Waals surface area contributed by atoms with Crippen LogP contribution in [-0.4, -0.2) is 36.7 Å². The van der Waals surface area contributed by atoms with Crippen molar-refractivity contribution in [3.8, 4) is 17.2 Å². The van der Waals surface area contributed by atoms with Crippen molar-refractivity contribution in [1.82, 2.24) is 4.98 Å². The van der Waals surface area contributed by atoms with Gasteiger partial charge in [-0.15, -0.1) is 0 Å². The SMILES string of the molecule is CCOC(=O)C(CCCOc1ccc2c(-c3nc4cc(C(C)(C)C)ccc4o3)cccc2c1)C(=O)OCC. The number of nitrogens with zero attached hydrogens (tertiary/aromatic N) is 1. The molecule has 1 heterocycles. The minimum Gasteiger partial charge on any atom is -0.494 e. The lowest BCUT2D eigenvalue weighted by Crippen LogP contribution is -2.28. The molecule has 0 spiro atoms. The fourth-order valence-corrected chi connectivity index (χ4v) is 4.34. The van der Waals surface area contributed by atoms with Crippen LogP contribution < -0.4 is 4.74 Å². The molecule has 0 N–H and O–H groups in total. The third-order valence-electron chi connectivity index (χ3n) is 6.38. The zero-order valence-electron chi connectivity index (χ0n) is 22.7. The molecule has 3 aromatic carbocycles. The Balaban J connectivity index is 1.47. The van der Waals surface area contributed by atoms with Crippen LogP contribution in [0.4, 0.5) is 0 Å². The average Bonchev–Trinajstić information content (AvgIpc) is 3.31. The maximum Gasteiger partial charge on any atom is 0.320 e. The highest BCUT2D eigenvalue weighted by molar-refractivity contribution is 5.96. The first-order chi connectivity index (χ1) is 18.2. The van der Waals surface area contributed by atoms with Gasteiger partial charge in [0.25, 0.3) is 0 Å². The molecule has 4 aromatic rings. The number of aromatic nitrogens is 1. The number of oxazole rings is 1. The molecular weight excluding hydrogens is 482 g/mol. The van der Waals surface area contributed by atoms with Gasteiger partial charge in [-0.1, -0.05) is 39.0 Å². The van der Waals surface area contributed by atoms with E-state index in [2.05, 4.69) is 32.9 Å². The quantitative estimate of drug-likeness (QED) is 0.129. The Morgan fingerprint density at radius 3 is 2.37 bits per heavy atom. The highest BCUT2D eigenvalue weighted by Gasteiger charge is 2.29. The van der Waals surface area contributed by atoms with Crippen LogP contribution in [0.25, 0.3) is 33.3 Å². The van der Waals surface area contributed by atoms with E-state index >= 15 is 0 Å². The summed E-state index contributed by atoms with van der Waals surface area (Å²) in [6.07, 6.45) is 0.796. The van der Waals surface area contributed by atoms with Crippen LogP contribution in [0.5, 0.6) is 5.75 Å². The Labute approximate surface area is 223 Å². The van der Waals surface area contributed by atoms with Crippen molar-refractivity contribution in [2.24, 2.45) is 5.92 Å². The van der Waals surface area contributed by atoms with E-state index in [1.807, 2.05) is 42.5 Å². The predicted octanol–water partition coefficient (Wildman–Crippen LogP) is 6.85. The summed E-state index contributed by atoms with van der Waals surface area (Å²) in [5.74, 6) is -0.773. The van der Waals surface area contributed by atoms with Crippen molar-refractivity contribution < 1.29 is 28.2 Å². The molecule has 0 aliphatic heterocycles. The average molecular weight is 518 g/mol. The third-order valence-corrected chi connectivity index (χ3v) is 6.38. The van der Waals surface area contributed by atoms with Crippen molar-refractivity contribution in [3.63, 3.8) is 0 Å². The van der Waals surface area contributed by atoms with Crippen molar-refractivity contribution in [2.75, 3.05) is 19.8 Å². The van der Waals surface area contributed by atoms with Gasteiger partial charge in [-0.3, -0.25) is 9.59 Å². The fourth-order valence-electron chi connectivity index (χ4n) is 4.34. The number of hydrogen-bond donors (Lipinski definition) is 0. The van der Waals surface area contributed by atoms with Crippen molar-refractivity contribution in [1.29, 1.82) is 0 Å². The molecule has 1 aromatic heterocycles. The molecule has 0 saturated heterocycles. The number of fused-ring (bicyclic) bond motifs is 2. The first kappa shape index (κ1) is 27.2. The Morgan fingerprint density at radius 2 is 1.68 bits per heavy atom. The fraction of sp³-hybridized carbons (Fsp3) is 0.387. The molecule has 0 amide bonds. The summed E-state index contributed by atoms with van der Waals surface area (Å²) < 4.78 is 22.1. The van der Waals surface area contributed by atoms with E-state index in [0.29, 0.717) is 31.1 Å². The number of benzene rings is 3. The number of carbonyl (C=O) groups excluding carboxylic acids is 2. The van der Waals surface area contributed by atoms with E-state index in [1.165, 1.54) is 5.56 Å². The van der Waals surface area contributed by atoms with Crippen LogP contribution in [0.15, 0.2) is 59.0 Å². The molecule has 0 unspecified atom stereocenters. The number of ether oxygens (including phenoxy) is 3. The summed E-state index contributed by atoms with van der Waals surface area (Å²) in [7, 11) is 0. The minimum atomic E-state index is -0.937. The minimum absolute atomic E-state index is 0.0295. The van der Waals surface area contributed by atoms with Gasteiger partial charge in [-0.05, 0) is 84.8 Å². The second kappa shape index (κ2) is 11.7. The zero-order valence-corrected chi connectivity index (χ0v) is 22.7. The van der Waals surface area contributed by atoms with Crippen LogP contribution in [0, 0.1) is 5.92 Å². The Kier molecular flexibility index (Phi) is 8.35. The molecule has 0 bridgehead atoms. The summed E-state index contributed by atoms with van der Waals surface area (Å²) in [4.78, 5) is 29.1. The molecule has 0 fully saturated rings. The third kappa shape index (κ3) is 6.15. The van der Waals surface area contributed by atoms with Gasteiger partial charge in [0.05, 0.1) is 19.8 Å². The van der Waals surface area contributed by atoms with Crippen molar-refractivity contribution in [3.05, 3.63) is 60.2 Å². The smallest absolute Gasteiger partial charge is 0.320 e. The van der Waals surface area contributed by atoms with Crippen LogP contribution in [0.2, 0.25) is 0 Å². The van der Waals surface area contributed by atoms with Crippen molar-refractivity contribution >= 4 is 33.8 Å². The lowest BCUT2D eigenvalue weighted by atomic mass is 9.87. The zero-order chi connectivity index (χ0) is 27.3. The Morgan fingerprint density at radius 1 is 0.947 bits per heavy atom. The largest absolute Gasteiger partial charge is 0.494 e. The molecule has 7 nitrogen and oxygen atoms in total. The van der Waals surface area contributed by atoms with Crippen LogP contribution in [-0.2, 0) is 24.5 Å². The van der Waals surface area contributed by atoms with Crippen LogP contribution in [0.3, 0.4) is 0 Å². The van der Waals surface area contributed by atoms with E-state index in [9.17, 15) is 9.59 Å². The molecule has 0 aliphatic carbocycles. The summed E-state index contributed by atoms with van der Waals surface area (Å²) in [6, 6.07) is 18.0. The molecular formula is C31H35NO6. The first-order valence-corrected chi connectivity index (χ1v) is 13.1. The Hall–Kier alpha value is -3.87. The molecule has 38 heavy (non-hydrogen) atoms. The number of rotatable bonds is 10. The number of hydrogen-bond acceptors (Lipinski definition) is 7. The first-order valence-electron chi connectivity index (χ1n) is 13.1. The van der Waals surface area contributed by atoms with E-state index in [-0.39, 0.29) is 18.6 Å². The molecule has 200 valence electrons. The van der Waals surface area contributed by atoms with Crippen LogP contribution in [0.1, 0.15) is 53.0 Å². The van der Waals surface area contributed by atoms with E-state index in [4.69, 9.17) is 23.6 Å². The van der Waals surface area contributed by atoms with E-state index in [1.54, 1.807) is 13.8 Å². The molecule has 7 heteroatoms. The predicted molar refractivity (Wildman–Crippen MR) is 147 cm³/mol. The topological polar surface area (TPSA) is 87.9 Å². The second-order valence-corrected chi connectivity index (χ2v) is 10.2. The molecule has 0 aliphatic rings. The van der Waals surface area contributed by atoms with Gasteiger partial charge in [0.15, 0.2) is 11.5 Å². The normalized spacial score (nSPS) is 11.7. The monoisotopic (exact) mass is 517 g/mol. The number of carbonyl (C=O) groups is 2. The number of esters is 2. The highest BCUT2D eigenvalue weighted by atomic mass is 16.6. The van der Waals surface area contributed by atoms with Gasteiger partial charge in [0, 0.05) is 5.56 Å². The summed E-state index contributed by atoms with van der Waals surface area (Å²) in [6.45, 7) is 10.7. The van der Waals surface area contributed by atoms with Crippen LogP contribution >= 0.6 is 0 Å². The standard InChI is InChI=1S/C31H35NO6/c1-6-35-29(33)25(30(34)36-7-2)12-9-17-37-22-14-15-23-20(18-22)10-8-11-24(23)28-32-26-19-21(31(3,4)5)13-16-27(26)38-28/h8,10-11,13-16,18-19,25H,6-7,9,12,17H2,1-5H3. The summed E-state index contributed by atoms with van der Waals surface area (Å²) in [5, 5.41) is 2.00. The van der Waals surface area contributed by atoms with Gasteiger partial charge in [-0.25, -0.2) is 4.98 Å². The molecule has 0 saturated carbocycles. The maximum atomic E-state index is 12.2. The Bertz CT molecular complexity index is 1410. The molecule has 0 atom stereocenters. The summed E-state index contributed by atoms with van der Waals surface area (Å²) in [5.41, 5.74) is 3.75.